The Bertz CT molecular complexity index is 531. The minimum absolute atomic E-state index is 0.174. The third-order valence-electron chi connectivity index (χ3n) is 3.11. The third-order valence-corrected chi connectivity index (χ3v) is 4.97. The zero-order valence-electron chi connectivity index (χ0n) is 11.5. The fourth-order valence-corrected chi connectivity index (χ4v) is 3.48. The lowest BCUT2D eigenvalue weighted by Gasteiger charge is -2.18. The van der Waals surface area contributed by atoms with Crippen molar-refractivity contribution >= 4 is 27.3 Å². The van der Waals surface area contributed by atoms with Crippen molar-refractivity contribution in [1.82, 2.24) is 10.3 Å². The van der Waals surface area contributed by atoms with Gasteiger partial charge in [-0.1, -0.05) is 41.1 Å². The number of rotatable bonds is 5. The summed E-state index contributed by atoms with van der Waals surface area (Å²) in [5, 5.41) is 4.75. The fourth-order valence-electron chi connectivity index (χ4n) is 1.95. The van der Waals surface area contributed by atoms with Gasteiger partial charge in [-0.05, 0) is 38.4 Å². The number of halogens is 1. The summed E-state index contributed by atoms with van der Waals surface area (Å²) < 4.78 is 1.13. The quantitative estimate of drug-likeness (QED) is 0.860. The van der Waals surface area contributed by atoms with Crippen molar-refractivity contribution in [1.29, 1.82) is 0 Å². The van der Waals surface area contributed by atoms with Crippen LogP contribution in [0.25, 0.3) is 0 Å². The minimum Gasteiger partial charge on any atom is -0.304 e. The maximum atomic E-state index is 4.72. The van der Waals surface area contributed by atoms with Crippen LogP contribution >= 0.6 is 27.3 Å². The van der Waals surface area contributed by atoms with Crippen molar-refractivity contribution in [2.45, 2.75) is 33.2 Å². The Hall–Kier alpha value is -0.710. The molecule has 0 aliphatic carbocycles. The van der Waals surface area contributed by atoms with Crippen LogP contribution in [-0.4, -0.2) is 11.5 Å². The summed E-state index contributed by atoms with van der Waals surface area (Å²) >= 11 is 5.43. The summed E-state index contributed by atoms with van der Waals surface area (Å²) in [4.78, 5) is 6.01. The van der Waals surface area contributed by atoms with Crippen molar-refractivity contribution in [3.63, 3.8) is 0 Å². The van der Waals surface area contributed by atoms with Gasteiger partial charge in [0.05, 0.1) is 11.7 Å². The number of benzene rings is 1. The van der Waals surface area contributed by atoms with Gasteiger partial charge in [0.2, 0.25) is 0 Å². The second-order valence-electron chi connectivity index (χ2n) is 4.60. The molecule has 1 heterocycles. The number of hydrogen-bond donors (Lipinski definition) is 1. The Labute approximate surface area is 127 Å². The van der Waals surface area contributed by atoms with E-state index < -0.39 is 0 Å². The molecule has 2 rings (SSSR count). The molecule has 0 saturated heterocycles. The normalized spacial score (nSPS) is 12.6. The Morgan fingerprint density at radius 1 is 1.32 bits per heavy atom. The highest BCUT2D eigenvalue weighted by Gasteiger charge is 2.19. The molecule has 1 aromatic heterocycles. The first-order chi connectivity index (χ1) is 9.13. The van der Waals surface area contributed by atoms with E-state index in [0.717, 1.165) is 28.1 Å². The molecule has 19 heavy (non-hydrogen) atoms. The molecule has 0 bridgehead atoms. The van der Waals surface area contributed by atoms with Gasteiger partial charge in [-0.2, -0.15) is 0 Å². The highest BCUT2D eigenvalue weighted by molar-refractivity contribution is 9.10. The van der Waals surface area contributed by atoms with Crippen LogP contribution in [0.1, 0.15) is 40.5 Å². The van der Waals surface area contributed by atoms with Crippen molar-refractivity contribution in [2.24, 2.45) is 0 Å². The van der Waals surface area contributed by atoms with Crippen LogP contribution in [0, 0.1) is 13.8 Å². The van der Waals surface area contributed by atoms with E-state index in [4.69, 9.17) is 4.98 Å². The molecule has 0 saturated carbocycles. The number of nitrogens with zero attached hydrogens (tertiary/aromatic N) is 1. The SMILES string of the molecule is CCCNC(c1nc(C)c(C)s1)c1ccccc1Br. The fraction of sp³-hybridized carbons (Fsp3) is 0.400. The van der Waals surface area contributed by atoms with Gasteiger partial charge in [0.1, 0.15) is 5.01 Å². The van der Waals surface area contributed by atoms with E-state index in [0.29, 0.717) is 0 Å². The lowest BCUT2D eigenvalue weighted by Crippen LogP contribution is -2.23. The maximum absolute atomic E-state index is 4.72. The van der Waals surface area contributed by atoms with Crippen molar-refractivity contribution in [3.8, 4) is 0 Å². The molecule has 1 N–H and O–H groups in total. The van der Waals surface area contributed by atoms with Crippen LogP contribution < -0.4 is 5.32 Å². The molecule has 0 amide bonds. The predicted molar refractivity (Wildman–Crippen MR) is 85.9 cm³/mol. The summed E-state index contributed by atoms with van der Waals surface area (Å²) in [6.45, 7) is 7.38. The second kappa shape index (κ2) is 6.64. The van der Waals surface area contributed by atoms with Crippen LogP contribution in [0.5, 0.6) is 0 Å². The van der Waals surface area contributed by atoms with Gasteiger partial charge < -0.3 is 5.32 Å². The summed E-state index contributed by atoms with van der Waals surface area (Å²) in [6, 6.07) is 8.54. The summed E-state index contributed by atoms with van der Waals surface area (Å²) in [6.07, 6.45) is 1.12. The van der Waals surface area contributed by atoms with E-state index in [-0.39, 0.29) is 6.04 Å². The standard InChI is InChI=1S/C15H19BrN2S/c1-4-9-17-14(12-7-5-6-8-13(12)16)15-18-10(2)11(3)19-15/h5-8,14,17H,4,9H2,1-3H3. The topological polar surface area (TPSA) is 24.9 Å². The predicted octanol–water partition coefficient (Wildman–Crippen LogP) is 4.61. The van der Waals surface area contributed by atoms with Crippen molar-refractivity contribution in [3.05, 3.63) is 49.9 Å². The molecule has 4 heteroatoms. The van der Waals surface area contributed by atoms with Crippen LogP contribution in [0.4, 0.5) is 0 Å². The monoisotopic (exact) mass is 338 g/mol. The molecule has 102 valence electrons. The minimum atomic E-state index is 0.174. The van der Waals surface area contributed by atoms with Gasteiger partial charge in [-0.25, -0.2) is 4.98 Å². The average Bonchev–Trinajstić information content (AvgIpc) is 2.72. The first-order valence-corrected chi connectivity index (χ1v) is 8.16. The zero-order chi connectivity index (χ0) is 13.8. The number of thiazole rings is 1. The van der Waals surface area contributed by atoms with Crippen LogP contribution in [-0.2, 0) is 0 Å². The number of nitrogens with one attached hydrogen (secondary N) is 1. The van der Waals surface area contributed by atoms with Gasteiger partial charge >= 0.3 is 0 Å². The highest BCUT2D eigenvalue weighted by Crippen LogP contribution is 2.31. The van der Waals surface area contributed by atoms with E-state index in [1.165, 1.54) is 10.4 Å². The van der Waals surface area contributed by atoms with E-state index in [1.807, 2.05) is 6.07 Å². The van der Waals surface area contributed by atoms with Crippen molar-refractivity contribution in [2.75, 3.05) is 6.54 Å². The van der Waals surface area contributed by atoms with Gasteiger partial charge in [0.15, 0.2) is 0 Å². The van der Waals surface area contributed by atoms with Crippen LogP contribution in [0.2, 0.25) is 0 Å². The molecular formula is C15H19BrN2S. The molecule has 0 aliphatic rings. The Kier molecular flexibility index (Phi) is 5.13. The smallest absolute Gasteiger partial charge is 0.115 e. The second-order valence-corrected chi connectivity index (χ2v) is 6.69. The maximum Gasteiger partial charge on any atom is 0.115 e. The van der Waals surface area contributed by atoms with Crippen molar-refractivity contribution < 1.29 is 0 Å². The summed E-state index contributed by atoms with van der Waals surface area (Å²) in [5.41, 5.74) is 2.39. The lowest BCUT2D eigenvalue weighted by molar-refractivity contribution is 0.593. The van der Waals surface area contributed by atoms with Gasteiger partial charge in [-0.15, -0.1) is 11.3 Å². The molecule has 0 radical (unpaired) electrons. The van der Waals surface area contributed by atoms with E-state index in [2.05, 4.69) is 60.2 Å². The Balaban J connectivity index is 2.38. The zero-order valence-corrected chi connectivity index (χ0v) is 13.9. The van der Waals surface area contributed by atoms with Gasteiger partial charge in [0, 0.05) is 9.35 Å². The molecule has 1 unspecified atom stereocenters. The summed E-state index contributed by atoms with van der Waals surface area (Å²) in [5.74, 6) is 0. The van der Waals surface area contributed by atoms with Crippen LogP contribution in [0.3, 0.4) is 0 Å². The first kappa shape index (κ1) is 14.7. The number of aryl methyl sites for hydroxylation is 2. The molecule has 2 nitrogen and oxygen atoms in total. The largest absolute Gasteiger partial charge is 0.304 e. The number of hydrogen-bond acceptors (Lipinski definition) is 3. The molecular weight excluding hydrogens is 320 g/mol. The van der Waals surface area contributed by atoms with E-state index in [1.54, 1.807) is 11.3 Å². The average molecular weight is 339 g/mol. The Morgan fingerprint density at radius 2 is 2.05 bits per heavy atom. The van der Waals surface area contributed by atoms with Crippen LogP contribution in [0.15, 0.2) is 28.7 Å². The molecule has 0 spiro atoms. The third kappa shape index (κ3) is 3.44. The Morgan fingerprint density at radius 3 is 2.63 bits per heavy atom. The molecule has 1 aromatic carbocycles. The molecule has 0 fully saturated rings. The van der Waals surface area contributed by atoms with E-state index >= 15 is 0 Å². The van der Waals surface area contributed by atoms with E-state index in [9.17, 15) is 0 Å². The van der Waals surface area contributed by atoms with Gasteiger partial charge in [-0.3, -0.25) is 0 Å². The number of aromatic nitrogens is 1. The highest BCUT2D eigenvalue weighted by atomic mass is 79.9. The molecule has 1 atom stereocenters. The lowest BCUT2D eigenvalue weighted by atomic mass is 10.1. The first-order valence-electron chi connectivity index (χ1n) is 6.55. The molecule has 0 aliphatic heterocycles. The molecule has 2 aromatic rings. The van der Waals surface area contributed by atoms with Gasteiger partial charge in [0.25, 0.3) is 0 Å². The summed E-state index contributed by atoms with van der Waals surface area (Å²) in [7, 11) is 0.